The van der Waals surface area contributed by atoms with Gasteiger partial charge >= 0.3 is 5.97 Å². The van der Waals surface area contributed by atoms with E-state index in [9.17, 15) is 4.79 Å². The SMILES string of the molecule is CCCCCCCCCC(C)CNc1ccccc1C(=O)OC. The fourth-order valence-electron chi connectivity index (χ4n) is 2.76. The molecule has 130 valence electrons. The summed E-state index contributed by atoms with van der Waals surface area (Å²) < 4.78 is 4.82. The topological polar surface area (TPSA) is 38.3 Å². The molecule has 1 aromatic rings. The molecule has 0 saturated heterocycles. The molecule has 0 aliphatic heterocycles. The number of ether oxygens (including phenoxy) is 1. The van der Waals surface area contributed by atoms with Crippen LogP contribution in [0.4, 0.5) is 5.69 Å². The van der Waals surface area contributed by atoms with Crippen molar-refractivity contribution in [2.75, 3.05) is 19.0 Å². The maximum atomic E-state index is 11.7. The molecule has 1 atom stereocenters. The second-order valence-electron chi connectivity index (χ2n) is 6.43. The van der Waals surface area contributed by atoms with Gasteiger partial charge in [0.2, 0.25) is 0 Å². The number of nitrogens with one attached hydrogen (secondary N) is 1. The molecule has 0 bridgehead atoms. The zero-order valence-electron chi connectivity index (χ0n) is 15.1. The summed E-state index contributed by atoms with van der Waals surface area (Å²) in [7, 11) is 1.42. The molecular weight excluding hydrogens is 286 g/mol. The van der Waals surface area contributed by atoms with E-state index in [4.69, 9.17) is 4.74 Å². The molecule has 1 unspecified atom stereocenters. The lowest BCUT2D eigenvalue weighted by Gasteiger charge is -2.15. The smallest absolute Gasteiger partial charge is 0.339 e. The highest BCUT2D eigenvalue weighted by Gasteiger charge is 2.11. The van der Waals surface area contributed by atoms with E-state index in [0.29, 0.717) is 11.5 Å². The lowest BCUT2D eigenvalue weighted by atomic mass is 10.0. The first-order valence-electron chi connectivity index (χ1n) is 9.10. The van der Waals surface area contributed by atoms with Crippen LogP contribution in [0.15, 0.2) is 24.3 Å². The average molecular weight is 319 g/mol. The third-order valence-corrected chi connectivity index (χ3v) is 4.27. The highest BCUT2D eigenvalue weighted by atomic mass is 16.5. The zero-order valence-corrected chi connectivity index (χ0v) is 15.1. The van der Waals surface area contributed by atoms with Crippen LogP contribution >= 0.6 is 0 Å². The van der Waals surface area contributed by atoms with Crippen LogP contribution in [-0.2, 0) is 4.74 Å². The highest BCUT2D eigenvalue weighted by molar-refractivity contribution is 5.95. The van der Waals surface area contributed by atoms with E-state index >= 15 is 0 Å². The molecule has 0 fully saturated rings. The summed E-state index contributed by atoms with van der Waals surface area (Å²) >= 11 is 0. The largest absolute Gasteiger partial charge is 0.465 e. The maximum absolute atomic E-state index is 11.7. The number of hydrogen-bond acceptors (Lipinski definition) is 3. The van der Waals surface area contributed by atoms with Crippen LogP contribution in [0.25, 0.3) is 0 Å². The van der Waals surface area contributed by atoms with Crippen molar-refractivity contribution in [1.29, 1.82) is 0 Å². The molecule has 3 heteroatoms. The second kappa shape index (κ2) is 12.0. The minimum Gasteiger partial charge on any atom is -0.465 e. The molecule has 1 rings (SSSR count). The van der Waals surface area contributed by atoms with Crippen LogP contribution in [0.2, 0.25) is 0 Å². The van der Waals surface area contributed by atoms with E-state index in [1.807, 2.05) is 18.2 Å². The molecule has 1 N–H and O–H groups in total. The van der Waals surface area contributed by atoms with E-state index < -0.39 is 0 Å². The Labute approximate surface area is 141 Å². The van der Waals surface area contributed by atoms with Gasteiger partial charge in [0, 0.05) is 12.2 Å². The Bertz CT molecular complexity index is 445. The molecule has 0 radical (unpaired) electrons. The van der Waals surface area contributed by atoms with Gasteiger partial charge in [-0.1, -0.05) is 70.9 Å². The van der Waals surface area contributed by atoms with Crippen molar-refractivity contribution in [3.8, 4) is 0 Å². The van der Waals surface area contributed by atoms with Gasteiger partial charge in [0.1, 0.15) is 0 Å². The highest BCUT2D eigenvalue weighted by Crippen LogP contribution is 2.18. The first kappa shape index (κ1) is 19.5. The van der Waals surface area contributed by atoms with Crippen molar-refractivity contribution in [3.05, 3.63) is 29.8 Å². The standard InChI is InChI=1S/C20H33NO2/c1-4-5-6-7-8-9-10-13-17(2)16-21-19-15-12-11-14-18(19)20(22)23-3/h11-12,14-15,17,21H,4-10,13,16H2,1-3H3. The normalized spacial score (nSPS) is 12.0. The van der Waals surface area contributed by atoms with Crippen molar-refractivity contribution in [2.45, 2.75) is 65.2 Å². The number of para-hydroxylation sites is 1. The van der Waals surface area contributed by atoms with E-state index in [2.05, 4.69) is 19.2 Å². The summed E-state index contributed by atoms with van der Waals surface area (Å²) in [6, 6.07) is 7.54. The van der Waals surface area contributed by atoms with Gasteiger partial charge in [-0.2, -0.15) is 0 Å². The summed E-state index contributed by atoms with van der Waals surface area (Å²) in [4.78, 5) is 11.7. The number of benzene rings is 1. The van der Waals surface area contributed by atoms with Gasteiger partial charge in [-0.15, -0.1) is 0 Å². The molecule has 0 spiro atoms. The van der Waals surface area contributed by atoms with E-state index in [-0.39, 0.29) is 5.97 Å². The first-order chi connectivity index (χ1) is 11.2. The first-order valence-corrected chi connectivity index (χ1v) is 9.10. The third kappa shape index (κ3) is 8.06. The number of anilines is 1. The number of esters is 1. The van der Waals surface area contributed by atoms with E-state index in [0.717, 1.165) is 12.2 Å². The van der Waals surface area contributed by atoms with Gasteiger partial charge in [-0.05, 0) is 24.5 Å². The van der Waals surface area contributed by atoms with Crippen LogP contribution in [0, 0.1) is 5.92 Å². The van der Waals surface area contributed by atoms with Gasteiger partial charge < -0.3 is 10.1 Å². The Kier molecular flexibility index (Phi) is 10.2. The number of unbranched alkanes of at least 4 members (excludes halogenated alkanes) is 6. The fraction of sp³-hybridized carbons (Fsp3) is 0.650. The van der Waals surface area contributed by atoms with Crippen LogP contribution in [-0.4, -0.2) is 19.6 Å². The molecule has 1 aromatic carbocycles. The predicted octanol–water partition coefficient (Wildman–Crippen LogP) is 5.66. The second-order valence-corrected chi connectivity index (χ2v) is 6.43. The van der Waals surface area contributed by atoms with Gasteiger partial charge in [0.05, 0.1) is 12.7 Å². The quantitative estimate of drug-likeness (QED) is 0.399. The molecule has 0 aliphatic carbocycles. The van der Waals surface area contributed by atoms with Gasteiger partial charge in [-0.25, -0.2) is 4.79 Å². The molecular formula is C20H33NO2. The third-order valence-electron chi connectivity index (χ3n) is 4.27. The Morgan fingerprint density at radius 2 is 1.74 bits per heavy atom. The summed E-state index contributed by atoms with van der Waals surface area (Å²) in [5.41, 5.74) is 1.48. The monoisotopic (exact) mass is 319 g/mol. The summed E-state index contributed by atoms with van der Waals surface area (Å²) in [6.07, 6.45) is 10.7. The number of methoxy groups -OCH3 is 1. The molecule has 0 heterocycles. The van der Waals surface area contributed by atoms with Gasteiger partial charge in [-0.3, -0.25) is 0 Å². The van der Waals surface area contributed by atoms with E-state index in [1.54, 1.807) is 6.07 Å². The van der Waals surface area contributed by atoms with Crippen LogP contribution < -0.4 is 5.32 Å². The summed E-state index contributed by atoms with van der Waals surface area (Å²) in [5, 5.41) is 3.40. The number of rotatable bonds is 12. The van der Waals surface area contributed by atoms with Crippen molar-refractivity contribution in [3.63, 3.8) is 0 Å². The number of hydrogen-bond donors (Lipinski definition) is 1. The molecule has 0 saturated carbocycles. The lowest BCUT2D eigenvalue weighted by molar-refractivity contribution is 0.0602. The molecule has 0 aromatic heterocycles. The van der Waals surface area contributed by atoms with Crippen molar-refractivity contribution < 1.29 is 9.53 Å². The Hall–Kier alpha value is -1.51. The minimum absolute atomic E-state index is 0.284. The summed E-state index contributed by atoms with van der Waals surface area (Å²) in [5.74, 6) is 0.323. The lowest BCUT2D eigenvalue weighted by Crippen LogP contribution is -2.14. The predicted molar refractivity (Wildman–Crippen MR) is 98.0 cm³/mol. The van der Waals surface area contributed by atoms with Crippen LogP contribution in [0.3, 0.4) is 0 Å². The molecule has 0 aliphatic rings. The maximum Gasteiger partial charge on any atom is 0.339 e. The molecule has 3 nitrogen and oxygen atoms in total. The van der Waals surface area contributed by atoms with Crippen LogP contribution in [0.5, 0.6) is 0 Å². The fourth-order valence-corrected chi connectivity index (χ4v) is 2.76. The average Bonchev–Trinajstić information content (AvgIpc) is 2.58. The Morgan fingerprint density at radius 3 is 2.43 bits per heavy atom. The van der Waals surface area contributed by atoms with Crippen molar-refractivity contribution >= 4 is 11.7 Å². The van der Waals surface area contributed by atoms with Gasteiger partial charge in [0.25, 0.3) is 0 Å². The van der Waals surface area contributed by atoms with E-state index in [1.165, 1.54) is 58.5 Å². The van der Waals surface area contributed by atoms with Crippen molar-refractivity contribution in [2.24, 2.45) is 5.92 Å². The van der Waals surface area contributed by atoms with Crippen LogP contribution in [0.1, 0.15) is 75.6 Å². The Balaban J connectivity index is 2.23. The van der Waals surface area contributed by atoms with Crippen molar-refractivity contribution in [1.82, 2.24) is 0 Å². The minimum atomic E-state index is -0.284. The number of carbonyl (C=O) groups excluding carboxylic acids is 1. The zero-order chi connectivity index (χ0) is 16.9. The molecule has 23 heavy (non-hydrogen) atoms. The van der Waals surface area contributed by atoms with Gasteiger partial charge in [0.15, 0.2) is 0 Å². The number of carbonyl (C=O) groups is 1. The summed E-state index contributed by atoms with van der Waals surface area (Å²) in [6.45, 7) is 5.42. The Morgan fingerprint density at radius 1 is 1.09 bits per heavy atom. The molecule has 0 amide bonds.